The molecule has 2 heterocycles. The van der Waals surface area contributed by atoms with Gasteiger partial charge in [-0.25, -0.2) is 8.42 Å². The van der Waals surface area contributed by atoms with Crippen molar-refractivity contribution in [2.45, 2.75) is 102 Å². The summed E-state index contributed by atoms with van der Waals surface area (Å²) in [6, 6.07) is 6.99. The molecule has 0 aromatic heterocycles. The van der Waals surface area contributed by atoms with Gasteiger partial charge in [0.2, 0.25) is 8.32 Å². The first kappa shape index (κ1) is 26.4. The summed E-state index contributed by atoms with van der Waals surface area (Å²) in [6.45, 7) is 17.2. The van der Waals surface area contributed by atoms with E-state index in [0.29, 0.717) is 24.3 Å². The first-order valence-corrected chi connectivity index (χ1v) is 16.3. The zero-order valence-electron chi connectivity index (χ0n) is 21.3. The zero-order valence-corrected chi connectivity index (χ0v) is 23.1. The van der Waals surface area contributed by atoms with Crippen molar-refractivity contribution in [3.8, 4) is 0 Å². The third-order valence-electron chi connectivity index (χ3n) is 6.81. The van der Waals surface area contributed by atoms with Gasteiger partial charge < -0.3 is 18.6 Å². The van der Waals surface area contributed by atoms with Crippen LogP contribution in [0.1, 0.15) is 53.0 Å². The van der Waals surface area contributed by atoms with Crippen LogP contribution >= 0.6 is 0 Å². The Hall–Kier alpha value is -1.19. The molecule has 0 unspecified atom stereocenters. The van der Waals surface area contributed by atoms with Gasteiger partial charge in [0.25, 0.3) is 0 Å². The van der Waals surface area contributed by atoms with E-state index in [1.165, 1.54) is 0 Å². The molecule has 0 bridgehead atoms. The van der Waals surface area contributed by atoms with E-state index < -0.39 is 23.9 Å². The van der Waals surface area contributed by atoms with Crippen LogP contribution in [0, 0.1) is 6.92 Å². The molecule has 2 aliphatic heterocycles. The van der Waals surface area contributed by atoms with Gasteiger partial charge in [0, 0.05) is 6.42 Å². The predicted octanol–water partition coefficient (Wildman–Crippen LogP) is 5.37. The summed E-state index contributed by atoms with van der Waals surface area (Å²) in [5, 5.41) is 0.0564. The van der Waals surface area contributed by atoms with E-state index >= 15 is 0 Å². The Labute approximate surface area is 200 Å². The van der Waals surface area contributed by atoms with E-state index in [-0.39, 0.29) is 29.1 Å². The maximum atomic E-state index is 12.9. The minimum Gasteiger partial charge on any atom is -0.547 e. The second-order valence-corrected chi connectivity index (χ2v) is 18.0. The van der Waals surface area contributed by atoms with Crippen molar-refractivity contribution in [1.82, 2.24) is 0 Å². The van der Waals surface area contributed by atoms with Gasteiger partial charge in [0.05, 0.1) is 35.2 Å². The van der Waals surface area contributed by atoms with E-state index in [2.05, 4.69) is 33.9 Å². The number of aryl methyl sites for hydroxylation is 1. The minimum absolute atomic E-state index is 0.00480. The SMILES string of the molecule is Cc1ccc(S(=O)(=O)CC[C@@H]2C=C(O[Si](C)(C)C(C)(C)C)C[C@@H]([C@H]3COC(C)(C)O3)O2)cc1. The lowest BCUT2D eigenvalue weighted by Crippen LogP contribution is -2.44. The molecule has 0 amide bonds. The van der Waals surface area contributed by atoms with Crippen LogP contribution in [0.15, 0.2) is 41.0 Å². The maximum Gasteiger partial charge on any atom is 0.250 e. The molecule has 1 aromatic rings. The Kier molecular flexibility index (Phi) is 7.57. The highest BCUT2D eigenvalue weighted by molar-refractivity contribution is 7.91. The largest absolute Gasteiger partial charge is 0.547 e. The molecule has 0 radical (unpaired) electrons. The van der Waals surface area contributed by atoms with Gasteiger partial charge in [-0.05, 0) is 63.5 Å². The smallest absolute Gasteiger partial charge is 0.250 e. The van der Waals surface area contributed by atoms with Crippen LogP contribution < -0.4 is 0 Å². The standard InChI is InChI=1S/C25H40O6SSi/c1-18-9-11-21(12-10-18)32(26,27)14-13-19-15-20(31-33(7,8)24(2,3)4)16-22(29-19)23-17-28-25(5,6)30-23/h9-12,15,19,22-23H,13-14,16-17H2,1-8H3/t19-,22+,23-/m1/s1. The fraction of sp³-hybridized carbons (Fsp3) is 0.680. The average molecular weight is 497 g/mol. The lowest BCUT2D eigenvalue weighted by atomic mass is 10.0. The van der Waals surface area contributed by atoms with Gasteiger partial charge in [0.15, 0.2) is 15.6 Å². The molecule has 1 aromatic carbocycles. The molecule has 33 heavy (non-hydrogen) atoms. The number of hydrogen-bond donors (Lipinski definition) is 0. The second-order valence-electron chi connectivity index (χ2n) is 11.2. The fourth-order valence-corrected chi connectivity index (χ4v) is 6.19. The number of hydrogen-bond acceptors (Lipinski definition) is 6. The summed E-state index contributed by atoms with van der Waals surface area (Å²) in [4.78, 5) is 0.344. The first-order chi connectivity index (χ1) is 15.1. The highest BCUT2D eigenvalue weighted by Gasteiger charge is 2.44. The highest BCUT2D eigenvalue weighted by Crippen LogP contribution is 2.40. The van der Waals surface area contributed by atoms with Crippen molar-refractivity contribution >= 4 is 18.2 Å². The first-order valence-electron chi connectivity index (χ1n) is 11.7. The predicted molar refractivity (Wildman–Crippen MR) is 132 cm³/mol. The summed E-state index contributed by atoms with van der Waals surface area (Å²) in [5.74, 6) is 0.231. The molecular weight excluding hydrogens is 456 g/mol. The number of rotatable bonds is 7. The Balaban J connectivity index is 1.78. The Morgan fingerprint density at radius 2 is 1.76 bits per heavy atom. The second kappa shape index (κ2) is 9.45. The third kappa shape index (κ3) is 6.69. The van der Waals surface area contributed by atoms with Crippen LogP contribution in [0.2, 0.25) is 18.1 Å². The van der Waals surface area contributed by atoms with Crippen LogP contribution in [0.5, 0.6) is 0 Å². The molecular formula is C25H40O6SSi. The van der Waals surface area contributed by atoms with Crippen molar-refractivity contribution in [1.29, 1.82) is 0 Å². The zero-order chi connectivity index (χ0) is 24.7. The molecule has 0 aliphatic carbocycles. The monoisotopic (exact) mass is 496 g/mol. The van der Waals surface area contributed by atoms with Crippen LogP contribution in [-0.2, 0) is 28.5 Å². The fourth-order valence-electron chi connectivity index (χ4n) is 3.75. The van der Waals surface area contributed by atoms with Crippen molar-refractivity contribution in [3.63, 3.8) is 0 Å². The van der Waals surface area contributed by atoms with Crippen molar-refractivity contribution in [2.75, 3.05) is 12.4 Å². The summed E-state index contributed by atoms with van der Waals surface area (Å²) >= 11 is 0. The van der Waals surface area contributed by atoms with E-state index in [1.54, 1.807) is 12.1 Å². The van der Waals surface area contributed by atoms with Gasteiger partial charge in [0.1, 0.15) is 6.10 Å². The lowest BCUT2D eigenvalue weighted by Gasteiger charge is -2.40. The molecule has 6 nitrogen and oxygen atoms in total. The highest BCUT2D eigenvalue weighted by atomic mass is 32.2. The molecule has 0 N–H and O–H groups in total. The Bertz CT molecular complexity index is 960. The van der Waals surface area contributed by atoms with Crippen LogP contribution in [0.4, 0.5) is 0 Å². The van der Waals surface area contributed by atoms with Crippen molar-refractivity contribution in [2.24, 2.45) is 0 Å². The minimum atomic E-state index is -3.40. The third-order valence-corrected chi connectivity index (χ3v) is 13.0. The number of benzene rings is 1. The lowest BCUT2D eigenvalue weighted by molar-refractivity contribution is -0.162. The topological polar surface area (TPSA) is 71.1 Å². The number of ether oxygens (including phenoxy) is 3. The van der Waals surface area contributed by atoms with Gasteiger partial charge in [-0.15, -0.1) is 0 Å². The average Bonchev–Trinajstić information content (AvgIpc) is 3.05. The van der Waals surface area contributed by atoms with Gasteiger partial charge in [-0.3, -0.25) is 0 Å². The molecule has 1 saturated heterocycles. The molecule has 3 rings (SSSR count). The molecule has 186 valence electrons. The van der Waals surface area contributed by atoms with Crippen LogP contribution in [0.25, 0.3) is 0 Å². The van der Waals surface area contributed by atoms with Gasteiger partial charge >= 0.3 is 0 Å². The summed E-state index contributed by atoms with van der Waals surface area (Å²) < 4.78 is 50.6. The quantitative estimate of drug-likeness (QED) is 0.473. The molecule has 0 saturated carbocycles. The normalized spacial score (nSPS) is 26.2. The molecule has 2 aliphatic rings. The molecule has 0 spiro atoms. The molecule has 1 fully saturated rings. The number of sulfone groups is 1. The Morgan fingerprint density at radius 1 is 1.12 bits per heavy atom. The van der Waals surface area contributed by atoms with Gasteiger partial charge in [-0.2, -0.15) is 0 Å². The van der Waals surface area contributed by atoms with E-state index in [9.17, 15) is 8.42 Å². The van der Waals surface area contributed by atoms with Crippen LogP contribution in [0.3, 0.4) is 0 Å². The maximum absolute atomic E-state index is 12.9. The molecule has 8 heteroatoms. The van der Waals surface area contributed by atoms with Crippen molar-refractivity contribution in [3.05, 3.63) is 41.7 Å². The van der Waals surface area contributed by atoms with E-state index in [4.69, 9.17) is 18.6 Å². The Morgan fingerprint density at radius 3 is 2.30 bits per heavy atom. The molecule has 3 atom stereocenters. The van der Waals surface area contributed by atoms with Gasteiger partial charge in [-0.1, -0.05) is 38.5 Å². The van der Waals surface area contributed by atoms with E-state index in [1.807, 2.05) is 39.0 Å². The summed E-state index contributed by atoms with van der Waals surface area (Å²) in [7, 11) is -5.46. The van der Waals surface area contributed by atoms with E-state index in [0.717, 1.165) is 11.3 Å². The summed E-state index contributed by atoms with van der Waals surface area (Å²) in [6.07, 6.45) is 2.09. The summed E-state index contributed by atoms with van der Waals surface area (Å²) in [5.41, 5.74) is 1.03. The van der Waals surface area contributed by atoms with Crippen molar-refractivity contribution < 1.29 is 27.1 Å². The van der Waals surface area contributed by atoms with Crippen LogP contribution in [-0.4, -0.2) is 53.2 Å².